The third kappa shape index (κ3) is 5.72. The smallest absolute Gasteiger partial charge is 0.309 e. The van der Waals surface area contributed by atoms with Crippen LogP contribution in [0, 0.1) is 23.2 Å². The van der Waals surface area contributed by atoms with E-state index in [9.17, 15) is 4.79 Å². The van der Waals surface area contributed by atoms with E-state index in [0.29, 0.717) is 19.7 Å². The predicted octanol–water partition coefficient (Wildman–Crippen LogP) is 1.67. The average molecular weight is 226 g/mol. The highest BCUT2D eigenvalue weighted by molar-refractivity contribution is 5.72. The van der Waals surface area contributed by atoms with Gasteiger partial charge in [0.1, 0.15) is 0 Å². The summed E-state index contributed by atoms with van der Waals surface area (Å²) in [6.45, 7) is 10.2. The molecule has 0 amide bonds. The fourth-order valence-electron chi connectivity index (χ4n) is 1.51. The average Bonchev–Trinajstić information content (AvgIpc) is 2.27. The third-order valence-corrected chi connectivity index (χ3v) is 2.42. The molecule has 92 valence electrons. The Morgan fingerprint density at radius 2 is 2.00 bits per heavy atom. The molecule has 0 saturated carbocycles. The molecule has 0 aliphatic carbocycles. The Morgan fingerprint density at radius 3 is 2.44 bits per heavy atom. The second-order valence-electron chi connectivity index (χ2n) is 4.04. The van der Waals surface area contributed by atoms with Crippen LogP contribution < -0.4 is 0 Å². The number of carbonyl (C=O) groups is 1. The van der Waals surface area contributed by atoms with E-state index in [1.807, 2.05) is 20.8 Å². The van der Waals surface area contributed by atoms with Crippen molar-refractivity contribution in [1.82, 2.24) is 4.90 Å². The Hall–Kier alpha value is -1.08. The van der Waals surface area contributed by atoms with E-state index in [-0.39, 0.29) is 17.8 Å². The van der Waals surface area contributed by atoms with Gasteiger partial charge in [-0.2, -0.15) is 5.26 Å². The van der Waals surface area contributed by atoms with Crippen LogP contribution in [0.25, 0.3) is 0 Å². The quantitative estimate of drug-likeness (QED) is 0.620. The molecule has 0 aromatic heterocycles. The predicted molar refractivity (Wildman–Crippen MR) is 62.7 cm³/mol. The van der Waals surface area contributed by atoms with Crippen LogP contribution in [0.5, 0.6) is 0 Å². The molecule has 0 saturated heterocycles. The first-order valence-corrected chi connectivity index (χ1v) is 5.83. The number of esters is 1. The Labute approximate surface area is 98.2 Å². The zero-order valence-electron chi connectivity index (χ0n) is 10.7. The second kappa shape index (κ2) is 8.12. The summed E-state index contributed by atoms with van der Waals surface area (Å²) < 4.78 is 4.95. The molecular weight excluding hydrogens is 204 g/mol. The maximum Gasteiger partial charge on any atom is 0.309 e. The summed E-state index contributed by atoms with van der Waals surface area (Å²) in [6, 6.07) is 2.20. The molecule has 4 nitrogen and oxygen atoms in total. The fraction of sp³-hybridized carbons (Fsp3) is 0.833. The first kappa shape index (κ1) is 14.9. The zero-order valence-corrected chi connectivity index (χ0v) is 10.7. The highest BCUT2D eigenvalue weighted by atomic mass is 16.5. The van der Waals surface area contributed by atoms with E-state index >= 15 is 0 Å². The normalized spacial score (nSPS) is 14.2. The Bertz CT molecular complexity index is 248. The largest absolute Gasteiger partial charge is 0.466 e. The van der Waals surface area contributed by atoms with Crippen LogP contribution >= 0.6 is 0 Å². The standard InChI is InChI=1S/C12H22N2O2/c1-5-14(8-10(3)7-13)9-11(4)12(15)16-6-2/h10-11H,5-6,8-9H2,1-4H3. The fourth-order valence-corrected chi connectivity index (χ4v) is 1.51. The summed E-state index contributed by atoms with van der Waals surface area (Å²) in [4.78, 5) is 13.5. The van der Waals surface area contributed by atoms with Gasteiger partial charge in [0.2, 0.25) is 0 Å². The van der Waals surface area contributed by atoms with Crippen molar-refractivity contribution in [2.45, 2.75) is 27.7 Å². The molecule has 0 heterocycles. The Kier molecular flexibility index (Phi) is 7.57. The minimum absolute atomic E-state index is 0.00524. The second-order valence-corrected chi connectivity index (χ2v) is 4.04. The molecule has 0 fully saturated rings. The summed E-state index contributed by atoms with van der Waals surface area (Å²) in [7, 11) is 0. The maximum absolute atomic E-state index is 11.4. The van der Waals surface area contributed by atoms with Crippen LogP contribution in [-0.4, -0.2) is 37.1 Å². The number of ether oxygens (including phenoxy) is 1. The molecule has 0 rings (SSSR count). The Balaban J connectivity index is 4.11. The minimum atomic E-state index is -0.162. The van der Waals surface area contributed by atoms with E-state index < -0.39 is 0 Å². The van der Waals surface area contributed by atoms with Gasteiger partial charge in [-0.3, -0.25) is 4.79 Å². The number of hydrogen-bond donors (Lipinski definition) is 0. The lowest BCUT2D eigenvalue weighted by Gasteiger charge is -2.24. The van der Waals surface area contributed by atoms with Gasteiger partial charge in [-0.1, -0.05) is 13.8 Å². The minimum Gasteiger partial charge on any atom is -0.466 e. The first-order valence-electron chi connectivity index (χ1n) is 5.83. The molecule has 2 unspecified atom stereocenters. The molecule has 0 aromatic rings. The van der Waals surface area contributed by atoms with E-state index in [2.05, 4.69) is 11.0 Å². The van der Waals surface area contributed by atoms with Gasteiger partial charge in [-0.05, 0) is 20.4 Å². The van der Waals surface area contributed by atoms with Gasteiger partial charge >= 0.3 is 5.97 Å². The molecule has 0 aliphatic heterocycles. The summed E-state index contributed by atoms with van der Waals surface area (Å²) in [5.74, 6) is -0.300. The van der Waals surface area contributed by atoms with Crippen molar-refractivity contribution in [2.75, 3.05) is 26.2 Å². The molecule has 0 radical (unpaired) electrons. The molecular formula is C12H22N2O2. The highest BCUT2D eigenvalue weighted by Crippen LogP contribution is 2.05. The topological polar surface area (TPSA) is 53.3 Å². The van der Waals surface area contributed by atoms with Crippen LogP contribution in [0.4, 0.5) is 0 Å². The highest BCUT2D eigenvalue weighted by Gasteiger charge is 2.18. The van der Waals surface area contributed by atoms with Crippen molar-refractivity contribution in [3.8, 4) is 6.07 Å². The summed E-state index contributed by atoms with van der Waals surface area (Å²) in [6.07, 6.45) is 0. The van der Waals surface area contributed by atoms with E-state index in [0.717, 1.165) is 6.54 Å². The molecule has 2 atom stereocenters. The van der Waals surface area contributed by atoms with Gasteiger partial charge in [-0.25, -0.2) is 0 Å². The Morgan fingerprint density at radius 1 is 1.38 bits per heavy atom. The molecule has 0 N–H and O–H groups in total. The van der Waals surface area contributed by atoms with Gasteiger partial charge in [0.05, 0.1) is 24.5 Å². The molecule has 4 heteroatoms. The van der Waals surface area contributed by atoms with Gasteiger partial charge < -0.3 is 9.64 Å². The van der Waals surface area contributed by atoms with Crippen LogP contribution in [0.3, 0.4) is 0 Å². The molecule has 16 heavy (non-hydrogen) atoms. The van der Waals surface area contributed by atoms with E-state index in [1.54, 1.807) is 6.92 Å². The lowest BCUT2D eigenvalue weighted by Crippen LogP contribution is -2.35. The molecule has 0 bridgehead atoms. The molecule has 0 spiro atoms. The van der Waals surface area contributed by atoms with Crippen LogP contribution in [0.2, 0.25) is 0 Å². The third-order valence-electron chi connectivity index (χ3n) is 2.42. The van der Waals surface area contributed by atoms with Gasteiger partial charge in [0.15, 0.2) is 0 Å². The monoisotopic (exact) mass is 226 g/mol. The maximum atomic E-state index is 11.4. The number of hydrogen-bond acceptors (Lipinski definition) is 4. The van der Waals surface area contributed by atoms with E-state index in [4.69, 9.17) is 10.00 Å². The van der Waals surface area contributed by atoms with Gasteiger partial charge in [0.25, 0.3) is 0 Å². The van der Waals surface area contributed by atoms with Crippen LogP contribution in [0.1, 0.15) is 27.7 Å². The number of nitriles is 1. The van der Waals surface area contributed by atoms with Crippen molar-refractivity contribution in [2.24, 2.45) is 11.8 Å². The van der Waals surface area contributed by atoms with Gasteiger partial charge in [0, 0.05) is 13.1 Å². The van der Waals surface area contributed by atoms with Crippen LogP contribution in [-0.2, 0) is 9.53 Å². The summed E-state index contributed by atoms with van der Waals surface area (Å²) in [5.41, 5.74) is 0. The van der Waals surface area contributed by atoms with Crippen molar-refractivity contribution in [3.63, 3.8) is 0 Å². The lowest BCUT2D eigenvalue weighted by molar-refractivity contribution is -0.148. The van der Waals surface area contributed by atoms with Crippen LogP contribution in [0.15, 0.2) is 0 Å². The first-order chi connectivity index (χ1) is 7.54. The lowest BCUT2D eigenvalue weighted by atomic mass is 10.1. The van der Waals surface area contributed by atoms with Crippen molar-refractivity contribution in [3.05, 3.63) is 0 Å². The number of nitrogens with zero attached hydrogens (tertiary/aromatic N) is 2. The zero-order chi connectivity index (χ0) is 12.6. The number of carbonyl (C=O) groups excluding carboxylic acids is 1. The summed E-state index contributed by atoms with van der Waals surface area (Å²) in [5, 5.41) is 8.74. The van der Waals surface area contributed by atoms with Gasteiger partial charge in [-0.15, -0.1) is 0 Å². The molecule has 0 aromatic carbocycles. The van der Waals surface area contributed by atoms with Crippen molar-refractivity contribution < 1.29 is 9.53 Å². The summed E-state index contributed by atoms with van der Waals surface area (Å²) >= 11 is 0. The SMILES string of the molecule is CCOC(=O)C(C)CN(CC)CC(C)C#N. The molecule has 0 aliphatic rings. The van der Waals surface area contributed by atoms with Crippen molar-refractivity contribution in [1.29, 1.82) is 5.26 Å². The number of rotatable bonds is 7. The van der Waals surface area contributed by atoms with E-state index in [1.165, 1.54) is 0 Å². The van der Waals surface area contributed by atoms with Crippen molar-refractivity contribution >= 4 is 5.97 Å².